The van der Waals surface area contributed by atoms with E-state index in [9.17, 15) is 0 Å². The van der Waals surface area contributed by atoms with E-state index in [4.69, 9.17) is 17.0 Å². The maximum atomic E-state index is 5.39. The molecule has 1 unspecified atom stereocenters. The van der Waals surface area contributed by atoms with Crippen LogP contribution >= 0.6 is 12.2 Å². The molecule has 2 N–H and O–H groups in total. The van der Waals surface area contributed by atoms with Gasteiger partial charge in [0, 0.05) is 19.2 Å². The van der Waals surface area contributed by atoms with Gasteiger partial charge in [0.2, 0.25) is 0 Å². The highest BCUT2D eigenvalue weighted by atomic mass is 32.1. The SMILES string of the molecule is CC(C)NC(=S)NCC1CCCOC1. The van der Waals surface area contributed by atoms with E-state index in [-0.39, 0.29) is 0 Å². The Bertz CT molecular complexity index is 179. The third kappa shape index (κ3) is 4.77. The molecule has 0 spiro atoms. The van der Waals surface area contributed by atoms with E-state index in [1.54, 1.807) is 0 Å². The summed E-state index contributed by atoms with van der Waals surface area (Å²) in [6.45, 7) is 6.89. The zero-order valence-electron chi connectivity index (χ0n) is 9.01. The fourth-order valence-electron chi connectivity index (χ4n) is 1.52. The highest BCUT2D eigenvalue weighted by Gasteiger charge is 2.13. The smallest absolute Gasteiger partial charge is 0.166 e. The molecule has 1 aliphatic heterocycles. The quantitative estimate of drug-likeness (QED) is 0.696. The Kier molecular flexibility index (Phi) is 5.19. The molecule has 0 aromatic carbocycles. The van der Waals surface area contributed by atoms with Gasteiger partial charge in [0.05, 0.1) is 6.61 Å². The van der Waals surface area contributed by atoms with Gasteiger partial charge in [-0.15, -0.1) is 0 Å². The molecule has 0 aromatic heterocycles. The van der Waals surface area contributed by atoms with Gasteiger partial charge < -0.3 is 15.4 Å². The fourth-order valence-corrected chi connectivity index (χ4v) is 1.84. The second kappa shape index (κ2) is 6.19. The number of nitrogens with one attached hydrogen (secondary N) is 2. The molecule has 0 saturated carbocycles. The third-order valence-corrected chi connectivity index (χ3v) is 2.49. The molecule has 1 rings (SSSR count). The van der Waals surface area contributed by atoms with Crippen LogP contribution in [-0.4, -0.2) is 30.9 Å². The average molecular weight is 216 g/mol. The zero-order valence-corrected chi connectivity index (χ0v) is 9.82. The molecule has 1 heterocycles. The fraction of sp³-hybridized carbons (Fsp3) is 0.900. The van der Waals surface area contributed by atoms with Crippen LogP contribution in [0.25, 0.3) is 0 Å². The van der Waals surface area contributed by atoms with Crippen molar-refractivity contribution in [3.05, 3.63) is 0 Å². The minimum Gasteiger partial charge on any atom is -0.381 e. The van der Waals surface area contributed by atoms with Crippen LogP contribution < -0.4 is 10.6 Å². The molecule has 0 amide bonds. The van der Waals surface area contributed by atoms with Gasteiger partial charge in [-0.1, -0.05) is 0 Å². The Labute approximate surface area is 91.6 Å². The molecule has 3 nitrogen and oxygen atoms in total. The van der Waals surface area contributed by atoms with Crippen LogP contribution in [0.15, 0.2) is 0 Å². The van der Waals surface area contributed by atoms with Crippen molar-refractivity contribution in [3.63, 3.8) is 0 Å². The summed E-state index contributed by atoms with van der Waals surface area (Å²) in [5, 5.41) is 7.14. The molecule has 14 heavy (non-hydrogen) atoms. The van der Waals surface area contributed by atoms with Gasteiger partial charge in [0.25, 0.3) is 0 Å². The molecule has 1 atom stereocenters. The van der Waals surface area contributed by atoms with Crippen LogP contribution in [-0.2, 0) is 4.74 Å². The minimum atomic E-state index is 0.401. The molecule has 0 bridgehead atoms. The summed E-state index contributed by atoms with van der Waals surface area (Å²) in [4.78, 5) is 0. The molecular weight excluding hydrogens is 196 g/mol. The molecular formula is C10H20N2OS. The van der Waals surface area contributed by atoms with Crippen LogP contribution in [0, 0.1) is 5.92 Å². The Morgan fingerprint density at radius 3 is 2.93 bits per heavy atom. The van der Waals surface area contributed by atoms with Gasteiger partial charge in [-0.05, 0) is 44.8 Å². The van der Waals surface area contributed by atoms with Crippen molar-refractivity contribution in [1.29, 1.82) is 0 Å². The van der Waals surface area contributed by atoms with Gasteiger partial charge >= 0.3 is 0 Å². The highest BCUT2D eigenvalue weighted by Crippen LogP contribution is 2.11. The van der Waals surface area contributed by atoms with E-state index in [2.05, 4.69) is 24.5 Å². The molecule has 1 aliphatic rings. The highest BCUT2D eigenvalue weighted by molar-refractivity contribution is 7.80. The van der Waals surface area contributed by atoms with Crippen molar-refractivity contribution in [2.45, 2.75) is 32.7 Å². The first-order valence-electron chi connectivity index (χ1n) is 5.30. The van der Waals surface area contributed by atoms with Crippen molar-refractivity contribution in [3.8, 4) is 0 Å². The summed E-state index contributed by atoms with van der Waals surface area (Å²) in [5.74, 6) is 0.621. The Morgan fingerprint density at radius 2 is 2.36 bits per heavy atom. The lowest BCUT2D eigenvalue weighted by Crippen LogP contribution is -2.42. The van der Waals surface area contributed by atoms with E-state index in [0.717, 1.165) is 24.9 Å². The third-order valence-electron chi connectivity index (χ3n) is 2.23. The molecule has 0 aromatic rings. The normalized spacial score (nSPS) is 22.1. The van der Waals surface area contributed by atoms with Crippen molar-refractivity contribution in [1.82, 2.24) is 10.6 Å². The van der Waals surface area contributed by atoms with Crippen molar-refractivity contribution in [2.24, 2.45) is 5.92 Å². The van der Waals surface area contributed by atoms with Crippen LogP contribution in [0.1, 0.15) is 26.7 Å². The number of ether oxygens (including phenoxy) is 1. The number of thiocarbonyl (C=S) groups is 1. The summed E-state index contributed by atoms with van der Waals surface area (Å²) in [6.07, 6.45) is 2.42. The van der Waals surface area contributed by atoms with E-state index < -0.39 is 0 Å². The summed E-state index contributed by atoms with van der Waals surface area (Å²) in [6, 6.07) is 0.401. The lowest BCUT2D eigenvalue weighted by atomic mass is 10.0. The van der Waals surface area contributed by atoms with Gasteiger partial charge in [-0.3, -0.25) is 0 Å². The lowest BCUT2D eigenvalue weighted by molar-refractivity contribution is 0.0565. The van der Waals surface area contributed by atoms with Crippen LogP contribution in [0.5, 0.6) is 0 Å². The maximum absolute atomic E-state index is 5.39. The first kappa shape index (κ1) is 11.7. The van der Waals surface area contributed by atoms with E-state index in [1.165, 1.54) is 12.8 Å². The van der Waals surface area contributed by atoms with Crippen LogP contribution in [0.2, 0.25) is 0 Å². The predicted molar refractivity (Wildman–Crippen MR) is 62.4 cm³/mol. The number of rotatable bonds is 3. The van der Waals surface area contributed by atoms with Crippen molar-refractivity contribution < 1.29 is 4.74 Å². The van der Waals surface area contributed by atoms with Crippen LogP contribution in [0.4, 0.5) is 0 Å². The summed E-state index contributed by atoms with van der Waals surface area (Å²) < 4.78 is 5.39. The Balaban J connectivity index is 2.09. The van der Waals surface area contributed by atoms with E-state index >= 15 is 0 Å². The van der Waals surface area contributed by atoms with Gasteiger partial charge in [0.15, 0.2) is 5.11 Å². The van der Waals surface area contributed by atoms with E-state index in [1.807, 2.05) is 0 Å². The molecule has 1 fully saturated rings. The molecule has 0 radical (unpaired) electrons. The van der Waals surface area contributed by atoms with Gasteiger partial charge in [0.1, 0.15) is 0 Å². The second-order valence-electron chi connectivity index (χ2n) is 4.09. The maximum Gasteiger partial charge on any atom is 0.166 e. The lowest BCUT2D eigenvalue weighted by Gasteiger charge is -2.23. The molecule has 82 valence electrons. The first-order valence-corrected chi connectivity index (χ1v) is 5.71. The molecule has 4 heteroatoms. The first-order chi connectivity index (χ1) is 6.68. The van der Waals surface area contributed by atoms with Gasteiger partial charge in [-0.25, -0.2) is 0 Å². The van der Waals surface area contributed by atoms with Crippen molar-refractivity contribution in [2.75, 3.05) is 19.8 Å². The zero-order chi connectivity index (χ0) is 10.4. The minimum absolute atomic E-state index is 0.401. The van der Waals surface area contributed by atoms with E-state index in [0.29, 0.717) is 12.0 Å². The summed E-state index contributed by atoms with van der Waals surface area (Å²) in [5.41, 5.74) is 0. The van der Waals surface area contributed by atoms with Gasteiger partial charge in [-0.2, -0.15) is 0 Å². The average Bonchev–Trinajstić information content (AvgIpc) is 2.15. The monoisotopic (exact) mass is 216 g/mol. The second-order valence-corrected chi connectivity index (χ2v) is 4.50. The number of hydrogen-bond acceptors (Lipinski definition) is 2. The molecule has 0 aliphatic carbocycles. The predicted octanol–water partition coefficient (Wildman–Crippen LogP) is 1.29. The molecule has 1 saturated heterocycles. The largest absolute Gasteiger partial charge is 0.381 e. The number of hydrogen-bond donors (Lipinski definition) is 2. The Hall–Kier alpha value is -0.350. The summed E-state index contributed by atoms with van der Waals surface area (Å²) in [7, 11) is 0. The van der Waals surface area contributed by atoms with Crippen molar-refractivity contribution >= 4 is 17.3 Å². The van der Waals surface area contributed by atoms with Crippen LogP contribution in [0.3, 0.4) is 0 Å². The topological polar surface area (TPSA) is 33.3 Å². The Morgan fingerprint density at radius 1 is 1.57 bits per heavy atom. The summed E-state index contributed by atoms with van der Waals surface area (Å²) >= 11 is 5.14. The standard InChI is InChI=1S/C10H20N2OS/c1-8(2)12-10(14)11-6-9-4-3-5-13-7-9/h8-9H,3-7H2,1-2H3,(H2,11,12,14).